The molecular weight excluding hydrogens is 458 g/mol. The summed E-state index contributed by atoms with van der Waals surface area (Å²) < 4.78 is 41.1. The zero-order valence-corrected chi connectivity index (χ0v) is 17.7. The third-order valence-corrected chi connectivity index (χ3v) is 7.91. The molecule has 0 spiro atoms. The number of hydrogen-bond donors (Lipinski definition) is 4. The summed E-state index contributed by atoms with van der Waals surface area (Å²) in [6, 6.07) is 5.41. The number of phenols is 1. The van der Waals surface area contributed by atoms with Crippen LogP contribution in [0.5, 0.6) is 5.75 Å². The minimum atomic E-state index is -4.09. The van der Waals surface area contributed by atoms with Crippen molar-refractivity contribution in [1.29, 1.82) is 0 Å². The fraction of sp³-hybridized carbons (Fsp3) is 0.278. The number of halogens is 3. The summed E-state index contributed by atoms with van der Waals surface area (Å²) in [5, 5.41) is 18.0. The fourth-order valence-electron chi connectivity index (χ4n) is 3.70. The summed E-state index contributed by atoms with van der Waals surface area (Å²) in [5.41, 5.74) is -0.165. The van der Waals surface area contributed by atoms with Crippen molar-refractivity contribution in [2.24, 2.45) is 0 Å². The van der Waals surface area contributed by atoms with Crippen LogP contribution in [0.2, 0.25) is 10.0 Å². The molecule has 30 heavy (non-hydrogen) atoms. The molecule has 2 heterocycles. The summed E-state index contributed by atoms with van der Waals surface area (Å²) >= 11 is 11.9. The van der Waals surface area contributed by atoms with Crippen molar-refractivity contribution in [3.63, 3.8) is 0 Å². The van der Waals surface area contributed by atoms with Gasteiger partial charge in [0, 0.05) is 25.2 Å². The Bertz CT molecular complexity index is 1130. The van der Waals surface area contributed by atoms with E-state index < -0.39 is 32.5 Å². The highest BCUT2D eigenvalue weighted by atomic mass is 35.5. The largest absolute Gasteiger partial charge is 0.504 e. The highest BCUT2D eigenvalue weighted by Gasteiger charge is 2.45. The minimum absolute atomic E-state index is 0.0102. The SMILES string of the molecule is O=C(Nc1ccc(Cl)c(S(=O)(=O)N2C[C@H]3C[C@H]2CN3)c1O)Nc1cccc(F)c1Cl. The number of fused-ring (bicyclic) bond motifs is 2. The molecule has 160 valence electrons. The van der Waals surface area contributed by atoms with E-state index in [-0.39, 0.29) is 40.0 Å². The van der Waals surface area contributed by atoms with Crippen LogP contribution in [0.3, 0.4) is 0 Å². The first kappa shape index (κ1) is 21.1. The number of benzene rings is 2. The normalized spacial score (nSPS) is 21.0. The lowest BCUT2D eigenvalue weighted by Gasteiger charge is -2.27. The average molecular weight is 475 g/mol. The van der Waals surface area contributed by atoms with Crippen molar-refractivity contribution in [1.82, 2.24) is 9.62 Å². The first-order chi connectivity index (χ1) is 14.2. The van der Waals surface area contributed by atoms with E-state index in [1.807, 2.05) is 0 Å². The Kier molecular flexibility index (Phi) is 5.54. The Morgan fingerprint density at radius 1 is 1.20 bits per heavy atom. The number of anilines is 2. The number of urea groups is 1. The topological polar surface area (TPSA) is 111 Å². The Morgan fingerprint density at radius 2 is 1.93 bits per heavy atom. The van der Waals surface area contributed by atoms with Gasteiger partial charge in [0.1, 0.15) is 10.7 Å². The Hall–Kier alpha value is -2.11. The highest BCUT2D eigenvalue weighted by molar-refractivity contribution is 7.89. The number of hydrogen-bond acceptors (Lipinski definition) is 5. The summed E-state index contributed by atoms with van der Waals surface area (Å²) in [5.74, 6) is -1.40. The lowest BCUT2D eigenvalue weighted by atomic mass is 10.2. The van der Waals surface area contributed by atoms with Crippen molar-refractivity contribution in [3.8, 4) is 5.75 Å². The van der Waals surface area contributed by atoms with Crippen LogP contribution in [0.4, 0.5) is 20.6 Å². The van der Waals surface area contributed by atoms with Gasteiger partial charge >= 0.3 is 6.03 Å². The molecule has 2 amide bonds. The van der Waals surface area contributed by atoms with E-state index in [1.165, 1.54) is 28.6 Å². The second kappa shape index (κ2) is 7.86. The van der Waals surface area contributed by atoms with Gasteiger partial charge < -0.3 is 21.1 Å². The number of sulfonamides is 1. The molecule has 2 fully saturated rings. The number of amides is 2. The van der Waals surface area contributed by atoms with Gasteiger partial charge in [0.05, 0.1) is 21.4 Å². The van der Waals surface area contributed by atoms with Crippen molar-refractivity contribution in [2.75, 3.05) is 23.7 Å². The van der Waals surface area contributed by atoms with Crippen LogP contribution < -0.4 is 16.0 Å². The predicted molar refractivity (Wildman–Crippen MR) is 111 cm³/mol. The lowest BCUT2D eigenvalue weighted by Crippen LogP contribution is -2.46. The molecule has 4 N–H and O–H groups in total. The van der Waals surface area contributed by atoms with Crippen molar-refractivity contribution >= 4 is 50.6 Å². The van der Waals surface area contributed by atoms with Crippen LogP contribution >= 0.6 is 23.2 Å². The first-order valence-electron chi connectivity index (χ1n) is 8.97. The van der Waals surface area contributed by atoms with Gasteiger partial charge in [0.15, 0.2) is 5.75 Å². The minimum Gasteiger partial charge on any atom is -0.504 e. The second-order valence-electron chi connectivity index (χ2n) is 7.02. The van der Waals surface area contributed by atoms with Crippen LogP contribution in [-0.4, -0.2) is 49.0 Å². The Balaban J connectivity index is 1.60. The van der Waals surface area contributed by atoms with Crippen LogP contribution in [-0.2, 0) is 10.0 Å². The maximum absolute atomic E-state index is 13.5. The predicted octanol–water partition coefficient (Wildman–Crippen LogP) is 3.22. The van der Waals surface area contributed by atoms with Crippen molar-refractivity contribution in [3.05, 3.63) is 46.2 Å². The van der Waals surface area contributed by atoms with Crippen LogP contribution in [0.25, 0.3) is 0 Å². The highest BCUT2D eigenvalue weighted by Crippen LogP contribution is 2.41. The molecule has 2 aliphatic rings. The molecule has 4 rings (SSSR count). The monoisotopic (exact) mass is 474 g/mol. The smallest absolute Gasteiger partial charge is 0.323 e. The third kappa shape index (κ3) is 3.69. The lowest BCUT2D eigenvalue weighted by molar-refractivity contribution is 0.262. The molecule has 2 atom stereocenters. The van der Waals surface area contributed by atoms with Gasteiger partial charge in [-0.3, -0.25) is 0 Å². The summed E-state index contributed by atoms with van der Waals surface area (Å²) in [7, 11) is -4.09. The Morgan fingerprint density at radius 3 is 2.60 bits per heavy atom. The fourth-order valence-corrected chi connectivity index (χ4v) is 6.15. The molecule has 8 nitrogen and oxygen atoms in total. The molecule has 2 saturated heterocycles. The maximum atomic E-state index is 13.5. The van der Waals surface area contributed by atoms with Gasteiger partial charge in [0.2, 0.25) is 10.0 Å². The number of carbonyl (C=O) groups is 1. The van der Waals surface area contributed by atoms with E-state index in [4.69, 9.17) is 23.2 Å². The number of carbonyl (C=O) groups excluding carboxylic acids is 1. The van der Waals surface area contributed by atoms with E-state index in [0.29, 0.717) is 13.0 Å². The number of nitrogens with one attached hydrogen (secondary N) is 3. The van der Waals surface area contributed by atoms with E-state index in [1.54, 1.807) is 0 Å². The zero-order chi connectivity index (χ0) is 21.6. The molecule has 0 aliphatic carbocycles. The van der Waals surface area contributed by atoms with Gasteiger partial charge in [-0.05, 0) is 30.7 Å². The Labute approximate surface area is 182 Å². The number of rotatable bonds is 4. The van der Waals surface area contributed by atoms with Gasteiger partial charge in [-0.25, -0.2) is 17.6 Å². The molecule has 12 heteroatoms. The maximum Gasteiger partial charge on any atom is 0.323 e. The molecule has 2 aromatic rings. The quantitative estimate of drug-likeness (QED) is 0.508. The van der Waals surface area contributed by atoms with Crippen molar-refractivity contribution in [2.45, 2.75) is 23.4 Å². The van der Waals surface area contributed by atoms with Gasteiger partial charge in [-0.15, -0.1) is 0 Å². The zero-order valence-electron chi connectivity index (χ0n) is 15.3. The van der Waals surface area contributed by atoms with Gasteiger partial charge in [0.25, 0.3) is 0 Å². The van der Waals surface area contributed by atoms with Crippen molar-refractivity contribution < 1.29 is 22.7 Å². The molecule has 0 radical (unpaired) electrons. The molecular formula is C18H17Cl2FN4O4S. The van der Waals surface area contributed by atoms with E-state index >= 15 is 0 Å². The molecule has 0 unspecified atom stereocenters. The van der Waals surface area contributed by atoms with E-state index in [2.05, 4.69) is 16.0 Å². The summed E-state index contributed by atoms with van der Waals surface area (Å²) in [4.78, 5) is 11.8. The number of piperazine rings is 1. The average Bonchev–Trinajstić information content (AvgIpc) is 3.32. The van der Waals surface area contributed by atoms with E-state index in [9.17, 15) is 22.7 Å². The first-order valence-corrected chi connectivity index (χ1v) is 11.2. The van der Waals surface area contributed by atoms with Gasteiger partial charge in [-0.2, -0.15) is 4.31 Å². The molecule has 2 aromatic carbocycles. The van der Waals surface area contributed by atoms with E-state index in [0.717, 1.165) is 6.07 Å². The molecule has 0 saturated carbocycles. The number of aromatic hydroxyl groups is 1. The third-order valence-electron chi connectivity index (χ3n) is 5.10. The van der Waals surface area contributed by atoms with Crippen LogP contribution in [0.15, 0.2) is 35.2 Å². The van der Waals surface area contributed by atoms with Crippen LogP contribution in [0.1, 0.15) is 6.42 Å². The van der Waals surface area contributed by atoms with Crippen LogP contribution in [0, 0.1) is 5.82 Å². The second-order valence-corrected chi connectivity index (χ2v) is 9.64. The molecule has 0 aromatic heterocycles. The number of phenolic OH excluding ortho intramolecular Hbond substituents is 1. The standard InChI is InChI=1S/C18H17Cl2FN4O4S/c19-11-4-5-14(24-18(27)23-13-3-1-2-12(21)15(13)20)16(26)17(11)30(28,29)25-8-9-6-10(25)7-22-9/h1-5,9-10,22,26H,6-8H2,(H2,23,24,27)/t9-,10+/m1/s1. The number of nitrogens with zero attached hydrogens (tertiary/aromatic N) is 1. The molecule has 2 aliphatic heterocycles. The summed E-state index contributed by atoms with van der Waals surface area (Å²) in [6.07, 6.45) is 0.687. The van der Waals surface area contributed by atoms with Gasteiger partial charge in [-0.1, -0.05) is 29.3 Å². The summed E-state index contributed by atoms with van der Waals surface area (Å²) in [6.45, 7) is 0.802. The molecule has 2 bridgehead atoms.